The molecule has 0 aliphatic rings. The van der Waals surface area contributed by atoms with Crippen LogP contribution >= 0.6 is 11.3 Å². The number of hydrogen-bond donors (Lipinski definition) is 1. The maximum atomic E-state index is 12.4. The molecule has 1 N–H and O–H groups in total. The summed E-state index contributed by atoms with van der Waals surface area (Å²) < 4.78 is 5.31. The minimum atomic E-state index is -0.498. The number of hydrogen-bond acceptors (Lipinski definition) is 7. The summed E-state index contributed by atoms with van der Waals surface area (Å²) in [5.74, 6) is -0.319. The van der Waals surface area contributed by atoms with Gasteiger partial charge in [-0.2, -0.15) is 11.3 Å². The van der Waals surface area contributed by atoms with Gasteiger partial charge < -0.3 is 9.88 Å². The highest BCUT2D eigenvalue weighted by molar-refractivity contribution is 7.08. The molecule has 4 aromatic heterocycles. The normalized spacial score (nSPS) is 11.2. The SMILES string of the molecule is Cn1c(=O)c2c(ncn2CC(=O)NCc2cn(-c3ccsc3)nn2)n(C)c1=O. The predicted octanol–water partition coefficient (Wildman–Crippen LogP) is -0.608. The lowest BCUT2D eigenvalue weighted by Crippen LogP contribution is -2.38. The third-order valence-electron chi connectivity index (χ3n) is 4.31. The van der Waals surface area contributed by atoms with E-state index in [1.165, 1.54) is 29.6 Å². The van der Waals surface area contributed by atoms with Crippen molar-refractivity contribution in [2.75, 3.05) is 0 Å². The summed E-state index contributed by atoms with van der Waals surface area (Å²) in [6.45, 7) is 0.0920. The molecule has 12 heteroatoms. The Bertz CT molecular complexity index is 1280. The summed E-state index contributed by atoms with van der Waals surface area (Å²) in [6, 6.07) is 1.92. The van der Waals surface area contributed by atoms with Gasteiger partial charge in [-0.15, -0.1) is 5.10 Å². The van der Waals surface area contributed by atoms with E-state index in [0.717, 1.165) is 10.3 Å². The fraction of sp³-hybridized carbons (Fsp3) is 0.250. The lowest BCUT2D eigenvalue weighted by molar-refractivity contribution is -0.121. The predicted molar refractivity (Wildman–Crippen MR) is 101 cm³/mol. The molecule has 11 nitrogen and oxygen atoms in total. The Balaban J connectivity index is 1.49. The number of nitrogens with zero attached hydrogens (tertiary/aromatic N) is 7. The molecule has 144 valence electrons. The van der Waals surface area contributed by atoms with Gasteiger partial charge in [-0.3, -0.25) is 18.7 Å². The molecule has 4 heterocycles. The maximum Gasteiger partial charge on any atom is 0.332 e. The highest BCUT2D eigenvalue weighted by atomic mass is 32.1. The third-order valence-corrected chi connectivity index (χ3v) is 4.98. The van der Waals surface area contributed by atoms with E-state index in [9.17, 15) is 14.4 Å². The first-order valence-electron chi connectivity index (χ1n) is 8.27. The molecule has 0 aromatic carbocycles. The van der Waals surface area contributed by atoms with Crippen molar-refractivity contribution in [3.05, 3.63) is 55.9 Å². The first-order valence-corrected chi connectivity index (χ1v) is 9.21. The van der Waals surface area contributed by atoms with E-state index < -0.39 is 11.2 Å². The van der Waals surface area contributed by atoms with Gasteiger partial charge in [0.2, 0.25) is 5.91 Å². The van der Waals surface area contributed by atoms with Crippen molar-refractivity contribution in [3.63, 3.8) is 0 Å². The second kappa shape index (κ2) is 6.88. The molecule has 0 bridgehead atoms. The molecule has 0 saturated heterocycles. The van der Waals surface area contributed by atoms with E-state index in [-0.39, 0.29) is 30.2 Å². The molecule has 0 spiro atoms. The average molecular weight is 400 g/mol. The Morgan fingerprint density at radius 1 is 1.25 bits per heavy atom. The maximum absolute atomic E-state index is 12.4. The second-order valence-corrected chi connectivity index (χ2v) is 6.94. The van der Waals surface area contributed by atoms with Gasteiger partial charge in [0.1, 0.15) is 12.2 Å². The number of thiophene rings is 1. The van der Waals surface area contributed by atoms with Crippen LogP contribution in [0.15, 0.2) is 38.9 Å². The highest BCUT2D eigenvalue weighted by Crippen LogP contribution is 2.11. The van der Waals surface area contributed by atoms with Crippen LogP contribution in [0.3, 0.4) is 0 Å². The first-order chi connectivity index (χ1) is 13.5. The van der Waals surface area contributed by atoms with Gasteiger partial charge in [0.15, 0.2) is 11.2 Å². The molecule has 4 rings (SSSR count). The molecular formula is C16H16N8O3S. The number of imidazole rings is 1. The number of aryl methyl sites for hydroxylation is 1. The number of carbonyl (C=O) groups excluding carboxylic acids is 1. The second-order valence-electron chi connectivity index (χ2n) is 6.16. The van der Waals surface area contributed by atoms with E-state index in [1.54, 1.807) is 22.2 Å². The molecule has 0 radical (unpaired) electrons. The first kappa shape index (κ1) is 17.9. The monoisotopic (exact) mass is 400 g/mol. The Morgan fingerprint density at radius 3 is 2.82 bits per heavy atom. The van der Waals surface area contributed by atoms with E-state index in [4.69, 9.17) is 0 Å². The van der Waals surface area contributed by atoms with E-state index in [0.29, 0.717) is 5.69 Å². The van der Waals surface area contributed by atoms with Crippen molar-refractivity contribution in [1.29, 1.82) is 0 Å². The molecule has 4 aromatic rings. The molecule has 0 aliphatic heterocycles. The molecule has 0 fully saturated rings. The topological polar surface area (TPSA) is 122 Å². The quantitative estimate of drug-likeness (QED) is 0.477. The Morgan fingerprint density at radius 2 is 2.07 bits per heavy atom. The van der Waals surface area contributed by atoms with Gasteiger partial charge in [-0.05, 0) is 11.4 Å². The van der Waals surface area contributed by atoms with Crippen molar-refractivity contribution < 1.29 is 4.79 Å². The molecule has 0 saturated carbocycles. The number of carbonyl (C=O) groups is 1. The van der Waals surface area contributed by atoms with Crippen LogP contribution in [0.5, 0.6) is 0 Å². The van der Waals surface area contributed by atoms with E-state index in [1.807, 2.05) is 16.8 Å². The smallest absolute Gasteiger partial charge is 0.332 e. The van der Waals surface area contributed by atoms with Crippen LogP contribution in [0.25, 0.3) is 16.9 Å². The standard InChI is InChI=1S/C16H16N8O3S/c1-21-14-13(15(26)22(2)16(21)27)23(9-18-14)7-12(25)17-5-10-6-24(20-19-10)11-3-4-28-8-11/h3-4,6,8-9H,5,7H2,1-2H3,(H,17,25). The van der Waals surface area contributed by atoms with Crippen molar-refractivity contribution in [3.8, 4) is 5.69 Å². The van der Waals surface area contributed by atoms with Crippen LogP contribution in [0, 0.1) is 0 Å². The van der Waals surface area contributed by atoms with E-state index >= 15 is 0 Å². The summed E-state index contributed by atoms with van der Waals surface area (Å²) in [5.41, 5.74) is 0.973. The minimum Gasteiger partial charge on any atom is -0.349 e. The number of fused-ring (bicyclic) bond motifs is 1. The molecule has 0 unspecified atom stereocenters. The lowest BCUT2D eigenvalue weighted by Gasteiger charge is -2.07. The van der Waals surface area contributed by atoms with E-state index in [2.05, 4.69) is 20.6 Å². The summed E-state index contributed by atoms with van der Waals surface area (Å²) in [5, 5.41) is 14.7. The summed E-state index contributed by atoms with van der Waals surface area (Å²) in [7, 11) is 2.91. The minimum absolute atomic E-state index is 0.109. The van der Waals surface area contributed by atoms with Gasteiger partial charge in [0, 0.05) is 19.5 Å². The molecule has 1 amide bonds. The van der Waals surface area contributed by atoms with Crippen LogP contribution < -0.4 is 16.6 Å². The van der Waals surface area contributed by atoms with Gasteiger partial charge in [0.05, 0.1) is 24.8 Å². The molecule has 0 atom stereocenters. The van der Waals surface area contributed by atoms with Crippen molar-refractivity contribution in [1.82, 2.24) is 39.0 Å². The number of aromatic nitrogens is 7. The van der Waals surface area contributed by atoms with Crippen LogP contribution in [0.2, 0.25) is 0 Å². The third kappa shape index (κ3) is 3.03. The summed E-state index contributed by atoms with van der Waals surface area (Å²) in [6.07, 6.45) is 3.11. The molecular weight excluding hydrogens is 384 g/mol. The van der Waals surface area contributed by atoms with Crippen LogP contribution in [-0.4, -0.2) is 39.6 Å². The van der Waals surface area contributed by atoms with Gasteiger partial charge >= 0.3 is 5.69 Å². The average Bonchev–Trinajstić information content (AvgIpc) is 3.43. The lowest BCUT2D eigenvalue weighted by atomic mass is 10.4. The zero-order valence-electron chi connectivity index (χ0n) is 15.1. The van der Waals surface area contributed by atoms with Crippen molar-refractivity contribution >= 4 is 28.4 Å². The van der Waals surface area contributed by atoms with Crippen LogP contribution in [0.4, 0.5) is 0 Å². The zero-order valence-corrected chi connectivity index (χ0v) is 15.9. The largest absolute Gasteiger partial charge is 0.349 e. The highest BCUT2D eigenvalue weighted by Gasteiger charge is 2.16. The summed E-state index contributed by atoms with van der Waals surface area (Å²) in [4.78, 5) is 40.8. The van der Waals surface area contributed by atoms with Gasteiger partial charge in [-0.25, -0.2) is 14.5 Å². The molecule has 0 aliphatic carbocycles. The Hall–Kier alpha value is -3.54. The summed E-state index contributed by atoms with van der Waals surface area (Å²) >= 11 is 1.55. The van der Waals surface area contributed by atoms with Gasteiger partial charge in [0.25, 0.3) is 5.56 Å². The van der Waals surface area contributed by atoms with Crippen molar-refractivity contribution in [2.45, 2.75) is 13.1 Å². The van der Waals surface area contributed by atoms with Gasteiger partial charge in [-0.1, -0.05) is 5.21 Å². The number of amides is 1. The fourth-order valence-corrected chi connectivity index (χ4v) is 3.43. The molecule has 28 heavy (non-hydrogen) atoms. The fourth-order valence-electron chi connectivity index (χ4n) is 2.81. The zero-order chi connectivity index (χ0) is 19.8. The van der Waals surface area contributed by atoms with Crippen LogP contribution in [-0.2, 0) is 32.0 Å². The number of nitrogens with one attached hydrogen (secondary N) is 1. The van der Waals surface area contributed by atoms with Crippen molar-refractivity contribution in [2.24, 2.45) is 14.1 Å². The Labute approximate surface area is 161 Å². The van der Waals surface area contributed by atoms with Crippen LogP contribution in [0.1, 0.15) is 5.69 Å². The Kier molecular flexibility index (Phi) is 4.39. The number of rotatable bonds is 5.